The molecule has 0 bridgehead atoms. The van der Waals surface area contributed by atoms with Crippen molar-refractivity contribution in [1.82, 2.24) is 9.59 Å². The van der Waals surface area contributed by atoms with Crippen molar-refractivity contribution in [1.29, 1.82) is 0 Å². The molecule has 0 aliphatic heterocycles. The number of halogens is 3. The zero-order chi connectivity index (χ0) is 13.2. The Bertz CT molecular complexity index is 493. The maximum absolute atomic E-state index is 12.4. The van der Waals surface area contributed by atoms with Crippen LogP contribution in [0.2, 0.25) is 0 Å². The summed E-state index contributed by atoms with van der Waals surface area (Å²) in [5, 5.41) is 7.56. The normalized spacial score (nSPS) is 13.3. The van der Waals surface area contributed by atoms with Crippen molar-refractivity contribution in [2.75, 3.05) is 5.32 Å². The van der Waals surface area contributed by atoms with E-state index in [1.54, 1.807) is 6.20 Å². The molecule has 0 aliphatic carbocycles. The molecule has 0 aliphatic rings. The number of nitrogens with one attached hydrogen (secondary N) is 1. The van der Waals surface area contributed by atoms with Gasteiger partial charge in [0, 0.05) is 17.6 Å². The topological polar surface area (TPSA) is 37.8 Å². The summed E-state index contributed by atoms with van der Waals surface area (Å²) in [5.74, 6) is 0. The molecule has 0 fully saturated rings. The summed E-state index contributed by atoms with van der Waals surface area (Å²) in [6, 6.07) is 5.00. The van der Waals surface area contributed by atoms with Gasteiger partial charge in [-0.05, 0) is 24.6 Å². The predicted molar refractivity (Wildman–Crippen MR) is 63.4 cm³/mol. The highest BCUT2D eigenvalue weighted by Crippen LogP contribution is 2.30. The summed E-state index contributed by atoms with van der Waals surface area (Å²) in [5.41, 5.74) is 0.134. The molecule has 0 saturated heterocycles. The summed E-state index contributed by atoms with van der Waals surface area (Å²) in [7, 11) is 0. The van der Waals surface area contributed by atoms with Crippen LogP contribution in [-0.4, -0.2) is 9.59 Å². The highest BCUT2D eigenvalue weighted by atomic mass is 32.1. The molecular weight excluding hydrogens is 263 g/mol. The molecule has 1 heterocycles. The molecule has 0 saturated carbocycles. The molecule has 18 heavy (non-hydrogen) atoms. The van der Waals surface area contributed by atoms with Crippen molar-refractivity contribution >= 4 is 16.5 Å². The second-order valence-electron chi connectivity index (χ2n) is 3.77. The van der Waals surface area contributed by atoms with Gasteiger partial charge >= 0.3 is 6.18 Å². The van der Waals surface area contributed by atoms with Crippen LogP contribution in [0.1, 0.15) is 24.1 Å². The van der Waals surface area contributed by atoms with Crippen molar-refractivity contribution in [3.63, 3.8) is 0 Å². The number of benzene rings is 1. The molecule has 0 spiro atoms. The predicted octanol–water partition coefficient (Wildman–Crippen LogP) is 3.73. The summed E-state index contributed by atoms with van der Waals surface area (Å²) < 4.78 is 40.9. The van der Waals surface area contributed by atoms with Crippen LogP contribution in [0.15, 0.2) is 30.5 Å². The zero-order valence-electron chi connectivity index (χ0n) is 9.40. The number of hydrogen-bond acceptors (Lipinski definition) is 4. The smallest absolute Gasteiger partial charge is 0.368 e. The van der Waals surface area contributed by atoms with E-state index in [1.807, 2.05) is 6.92 Å². The lowest BCUT2D eigenvalue weighted by atomic mass is 10.1. The van der Waals surface area contributed by atoms with Gasteiger partial charge in [0.2, 0.25) is 0 Å². The van der Waals surface area contributed by atoms with Crippen LogP contribution in [0.3, 0.4) is 0 Å². The molecular formula is C11H10F3N3S. The first-order valence-electron chi connectivity index (χ1n) is 5.18. The van der Waals surface area contributed by atoms with Crippen LogP contribution in [0, 0.1) is 0 Å². The molecule has 1 atom stereocenters. The van der Waals surface area contributed by atoms with Crippen LogP contribution >= 0.6 is 11.5 Å². The van der Waals surface area contributed by atoms with Crippen molar-refractivity contribution in [2.24, 2.45) is 0 Å². The van der Waals surface area contributed by atoms with Crippen LogP contribution < -0.4 is 5.32 Å². The lowest BCUT2D eigenvalue weighted by Gasteiger charge is -2.14. The first-order chi connectivity index (χ1) is 8.47. The minimum Gasteiger partial charge on any atom is -0.368 e. The number of aromatic nitrogens is 2. The molecule has 7 heteroatoms. The SMILES string of the molecule is CC(Nc1cnns1)c1ccc(C(F)(F)F)cc1. The van der Waals surface area contributed by atoms with Crippen molar-refractivity contribution < 1.29 is 13.2 Å². The number of rotatable bonds is 3. The zero-order valence-corrected chi connectivity index (χ0v) is 10.2. The minimum absolute atomic E-state index is 0.102. The van der Waals surface area contributed by atoms with E-state index in [0.29, 0.717) is 0 Å². The van der Waals surface area contributed by atoms with Gasteiger partial charge in [-0.15, -0.1) is 5.10 Å². The number of anilines is 1. The molecule has 3 nitrogen and oxygen atoms in total. The van der Waals surface area contributed by atoms with Gasteiger partial charge in [-0.25, -0.2) is 0 Å². The Labute approximate surface area is 106 Å². The lowest BCUT2D eigenvalue weighted by molar-refractivity contribution is -0.137. The Hall–Kier alpha value is -1.63. The Kier molecular flexibility index (Phi) is 3.51. The first-order valence-corrected chi connectivity index (χ1v) is 5.95. The van der Waals surface area contributed by atoms with Gasteiger partial charge in [-0.2, -0.15) is 13.2 Å². The minimum atomic E-state index is -4.29. The van der Waals surface area contributed by atoms with Gasteiger partial charge in [-0.3, -0.25) is 0 Å². The molecule has 1 aromatic heterocycles. The lowest BCUT2D eigenvalue weighted by Crippen LogP contribution is -2.08. The van der Waals surface area contributed by atoms with Gasteiger partial charge in [0.05, 0.1) is 11.8 Å². The van der Waals surface area contributed by atoms with Crippen LogP contribution in [0.25, 0.3) is 0 Å². The van der Waals surface area contributed by atoms with E-state index in [4.69, 9.17) is 0 Å². The molecule has 1 unspecified atom stereocenters. The molecule has 0 amide bonds. The highest BCUT2D eigenvalue weighted by Gasteiger charge is 2.30. The fourth-order valence-corrected chi connectivity index (χ4v) is 1.99. The fraction of sp³-hybridized carbons (Fsp3) is 0.273. The average molecular weight is 273 g/mol. The summed E-state index contributed by atoms with van der Waals surface area (Å²) >= 11 is 1.20. The third kappa shape index (κ3) is 2.98. The van der Waals surface area contributed by atoms with E-state index in [9.17, 15) is 13.2 Å². The molecule has 1 N–H and O–H groups in total. The van der Waals surface area contributed by atoms with Gasteiger partial charge < -0.3 is 5.32 Å². The van der Waals surface area contributed by atoms with Crippen LogP contribution in [-0.2, 0) is 6.18 Å². The standard InChI is InChI=1S/C11H10F3N3S/c1-7(16-10-6-15-17-18-10)8-2-4-9(5-3-8)11(12,13)14/h2-7,16H,1H3. The summed E-state index contributed by atoms with van der Waals surface area (Å²) in [6.07, 6.45) is -2.72. The third-order valence-corrected chi connectivity index (χ3v) is 3.05. The van der Waals surface area contributed by atoms with Gasteiger partial charge in [0.15, 0.2) is 0 Å². The van der Waals surface area contributed by atoms with Gasteiger partial charge in [0.1, 0.15) is 5.00 Å². The van der Waals surface area contributed by atoms with E-state index in [1.165, 1.54) is 23.7 Å². The number of nitrogens with zero attached hydrogens (tertiary/aromatic N) is 2. The maximum Gasteiger partial charge on any atom is 0.416 e. The Morgan fingerprint density at radius 3 is 2.39 bits per heavy atom. The van der Waals surface area contributed by atoms with E-state index in [-0.39, 0.29) is 6.04 Å². The highest BCUT2D eigenvalue weighted by molar-refractivity contribution is 7.09. The molecule has 2 rings (SSSR count). The fourth-order valence-electron chi connectivity index (χ4n) is 1.49. The average Bonchev–Trinajstić information content (AvgIpc) is 2.81. The van der Waals surface area contributed by atoms with Crippen molar-refractivity contribution in [2.45, 2.75) is 19.1 Å². The largest absolute Gasteiger partial charge is 0.416 e. The first kappa shape index (κ1) is 12.8. The van der Waals surface area contributed by atoms with E-state index in [2.05, 4.69) is 14.9 Å². The van der Waals surface area contributed by atoms with E-state index in [0.717, 1.165) is 22.7 Å². The molecule has 96 valence electrons. The second kappa shape index (κ2) is 4.93. The Morgan fingerprint density at radius 1 is 1.22 bits per heavy atom. The van der Waals surface area contributed by atoms with Crippen molar-refractivity contribution in [3.8, 4) is 0 Å². The monoisotopic (exact) mass is 273 g/mol. The van der Waals surface area contributed by atoms with Crippen LogP contribution in [0.4, 0.5) is 18.2 Å². The number of hydrogen-bond donors (Lipinski definition) is 1. The maximum atomic E-state index is 12.4. The number of alkyl halides is 3. The van der Waals surface area contributed by atoms with E-state index >= 15 is 0 Å². The third-order valence-electron chi connectivity index (χ3n) is 2.46. The Morgan fingerprint density at radius 2 is 1.89 bits per heavy atom. The van der Waals surface area contributed by atoms with Crippen LogP contribution in [0.5, 0.6) is 0 Å². The quantitative estimate of drug-likeness (QED) is 0.926. The van der Waals surface area contributed by atoms with Gasteiger partial charge in [0.25, 0.3) is 0 Å². The van der Waals surface area contributed by atoms with Crippen molar-refractivity contribution in [3.05, 3.63) is 41.6 Å². The second-order valence-corrected chi connectivity index (χ2v) is 4.55. The Balaban J connectivity index is 2.10. The molecule has 2 aromatic rings. The van der Waals surface area contributed by atoms with E-state index < -0.39 is 11.7 Å². The molecule has 0 radical (unpaired) electrons. The molecule has 1 aromatic carbocycles. The summed E-state index contributed by atoms with van der Waals surface area (Å²) in [4.78, 5) is 0. The summed E-state index contributed by atoms with van der Waals surface area (Å²) in [6.45, 7) is 1.86. The van der Waals surface area contributed by atoms with Gasteiger partial charge in [-0.1, -0.05) is 16.6 Å².